The first kappa shape index (κ1) is 23.0. The molecule has 2 aliphatic heterocycles. The van der Waals surface area contributed by atoms with Crippen LogP contribution in [0, 0.1) is 6.92 Å². The average Bonchev–Trinajstić information content (AvgIpc) is 3.30. The number of hydrogen-bond acceptors (Lipinski definition) is 6. The first-order chi connectivity index (χ1) is 17.5. The normalized spacial score (nSPS) is 11.0. The highest BCUT2D eigenvalue weighted by atomic mass is 16.5. The van der Waals surface area contributed by atoms with E-state index in [1.54, 1.807) is 34.9 Å². The molecule has 7 heteroatoms. The minimum atomic E-state index is -0.831. The molecule has 0 fully saturated rings. The molecule has 0 amide bonds. The zero-order valence-corrected chi connectivity index (χ0v) is 19.9. The summed E-state index contributed by atoms with van der Waals surface area (Å²) in [6.07, 6.45) is 0. The van der Waals surface area contributed by atoms with Crippen LogP contribution in [-0.2, 0) is 9.47 Å². The van der Waals surface area contributed by atoms with Crippen LogP contribution >= 0.6 is 0 Å². The lowest BCUT2D eigenvalue weighted by atomic mass is 9.90. The molecule has 0 aliphatic carbocycles. The van der Waals surface area contributed by atoms with Crippen molar-refractivity contribution >= 4 is 28.6 Å². The van der Waals surface area contributed by atoms with Crippen LogP contribution in [0.5, 0.6) is 0 Å². The maximum Gasteiger partial charge on any atom is 0.356 e. The number of pyridine rings is 1. The standard InChI is InChI=1S/C29H22N2O5/c1-17-13-15-19(16-14-17)31-25(29(34)36-3)24(28(33)35-2)23(26(32)18-9-5-4-6-10-18)22-20-11-7-8-12-21(20)30-27(22)31/h4-16H,1-3H3. The lowest BCUT2D eigenvalue weighted by Gasteiger charge is -2.23. The second-order valence-electron chi connectivity index (χ2n) is 8.28. The predicted molar refractivity (Wildman–Crippen MR) is 135 cm³/mol. The van der Waals surface area contributed by atoms with E-state index in [9.17, 15) is 14.4 Å². The van der Waals surface area contributed by atoms with Crippen LogP contribution in [0.3, 0.4) is 0 Å². The molecule has 3 aromatic carbocycles. The maximum atomic E-state index is 14.0. The average molecular weight is 479 g/mol. The van der Waals surface area contributed by atoms with Gasteiger partial charge in [-0.25, -0.2) is 14.6 Å². The largest absolute Gasteiger partial charge is 0.465 e. The van der Waals surface area contributed by atoms with E-state index in [0.29, 0.717) is 33.5 Å². The number of ketones is 1. The number of methoxy groups -OCH3 is 2. The number of aromatic nitrogens is 2. The molecule has 0 atom stereocenters. The molecule has 178 valence electrons. The highest BCUT2D eigenvalue weighted by Gasteiger charge is 2.37. The van der Waals surface area contributed by atoms with Crippen molar-refractivity contribution in [1.82, 2.24) is 9.55 Å². The maximum absolute atomic E-state index is 14.0. The number of nitrogens with zero attached hydrogens (tertiary/aromatic N) is 2. The van der Waals surface area contributed by atoms with Gasteiger partial charge in [0.05, 0.1) is 25.3 Å². The van der Waals surface area contributed by atoms with Crippen molar-refractivity contribution in [2.24, 2.45) is 0 Å². The third-order valence-corrected chi connectivity index (χ3v) is 6.12. The fourth-order valence-electron chi connectivity index (χ4n) is 4.44. The third-order valence-electron chi connectivity index (χ3n) is 6.12. The molecular weight excluding hydrogens is 456 g/mol. The van der Waals surface area contributed by atoms with Gasteiger partial charge in [0, 0.05) is 22.2 Å². The third kappa shape index (κ3) is 3.62. The van der Waals surface area contributed by atoms with E-state index in [1.807, 2.05) is 55.5 Å². The summed E-state index contributed by atoms with van der Waals surface area (Å²) >= 11 is 0. The summed E-state index contributed by atoms with van der Waals surface area (Å²) in [5.41, 5.74) is 2.75. The molecule has 0 bridgehead atoms. The van der Waals surface area contributed by atoms with E-state index < -0.39 is 17.7 Å². The number of hydrogen-bond donors (Lipinski definition) is 0. The van der Waals surface area contributed by atoms with E-state index in [2.05, 4.69) is 0 Å². The molecule has 0 saturated heterocycles. The van der Waals surface area contributed by atoms with Crippen LogP contribution < -0.4 is 0 Å². The molecule has 0 aromatic heterocycles. The monoisotopic (exact) mass is 478 g/mol. The summed E-state index contributed by atoms with van der Waals surface area (Å²) < 4.78 is 11.8. The van der Waals surface area contributed by atoms with Crippen molar-refractivity contribution in [2.45, 2.75) is 6.92 Å². The molecule has 2 heterocycles. The van der Waals surface area contributed by atoms with Gasteiger partial charge in [0.1, 0.15) is 17.1 Å². The molecule has 7 nitrogen and oxygen atoms in total. The van der Waals surface area contributed by atoms with Gasteiger partial charge in [0.2, 0.25) is 0 Å². The topological polar surface area (TPSA) is 87.5 Å². The van der Waals surface area contributed by atoms with Crippen molar-refractivity contribution in [3.63, 3.8) is 0 Å². The van der Waals surface area contributed by atoms with Crippen LogP contribution in [-0.4, -0.2) is 41.5 Å². The Hall–Kier alpha value is -4.78. The van der Waals surface area contributed by atoms with Crippen molar-refractivity contribution in [2.75, 3.05) is 14.2 Å². The van der Waals surface area contributed by atoms with E-state index in [4.69, 9.17) is 14.5 Å². The Kier molecular flexibility index (Phi) is 5.82. The van der Waals surface area contributed by atoms with Crippen molar-refractivity contribution in [3.8, 4) is 17.1 Å². The van der Waals surface area contributed by atoms with E-state index in [1.165, 1.54) is 14.2 Å². The Morgan fingerprint density at radius 2 is 1.39 bits per heavy atom. The first-order valence-corrected chi connectivity index (χ1v) is 11.3. The van der Waals surface area contributed by atoms with E-state index in [-0.39, 0.29) is 16.8 Å². The molecule has 0 spiro atoms. The number of rotatable bonds is 5. The Bertz CT molecular complexity index is 1600. The Morgan fingerprint density at radius 3 is 2.06 bits per heavy atom. The van der Waals surface area contributed by atoms with Gasteiger partial charge >= 0.3 is 11.9 Å². The summed E-state index contributed by atoms with van der Waals surface area (Å²) in [6, 6.07) is 23.3. The van der Waals surface area contributed by atoms with Crippen LogP contribution in [0.15, 0.2) is 78.9 Å². The Morgan fingerprint density at radius 1 is 0.750 bits per heavy atom. The van der Waals surface area contributed by atoms with Crippen LogP contribution in [0.1, 0.15) is 42.3 Å². The second-order valence-corrected chi connectivity index (χ2v) is 8.28. The SMILES string of the molecule is COC(=O)c1c(C(=O)c2ccccc2)c2c3ccccc3nc-2n(-c2ccc(C)cc2)c1C(=O)OC. The molecular formula is C29H22N2O5. The number of carbonyl (C=O) groups excluding carboxylic acids is 3. The van der Waals surface area contributed by atoms with Crippen LogP contribution in [0.2, 0.25) is 0 Å². The van der Waals surface area contributed by atoms with Gasteiger partial charge in [-0.15, -0.1) is 0 Å². The smallest absolute Gasteiger partial charge is 0.356 e. The van der Waals surface area contributed by atoms with Crippen LogP contribution in [0.25, 0.3) is 28.0 Å². The molecule has 0 saturated carbocycles. The Labute approximate surface area is 207 Å². The van der Waals surface area contributed by atoms with Gasteiger partial charge in [-0.1, -0.05) is 66.2 Å². The van der Waals surface area contributed by atoms with Crippen LogP contribution in [0.4, 0.5) is 0 Å². The summed E-state index contributed by atoms with van der Waals surface area (Å²) in [5, 5.41) is 0.675. The quantitative estimate of drug-likeness (QED) is 0.254. The number of ether oxygens (including phenoxy) is 2. The number of aryl methyl sites for hydroxylation is 1. The molecule has 36 heavy (non-hydrogen) atoms. The van der Waals surface area contributed by atoms with Gasteiger partial charge < -0.3 is 9.47 Å². The lowest BCUT2D eigenvalue weighted by molar-refractivity contribution is 0.0545. The summed E-state index contributed by atoms with van der Waals surface area (Å²) in [4.78, 5) is 45.4. The first-order valence-electron chi connectivity index (χ1n) is 11.3. The minimum absolute atomic E-state index is 0.0421. The van der Waals surface area contributed by atoms with Gasteiger partial charge in [0.15, 0.2) is 5.78 Å². The molecule has 3 aromatic rings. The summed E-state index contributed by atoms with van der Waals surface area (Å²) in [5.74, 6) is -1.71. The summed E-state index contributed by atoms with van der Waals surface area (Å²) in [6.45, 7) is 1.95. The van der Waals surface area contributed by atoms with E-state index >= 15 is 0 Å². The minimum Gasteiger partial charge on any atom is -0.465 e. The summed E-state index contributed by atoms with van der Waals surface area (Å²) in [7, 11) is 2.43. The van der Waals surface area contributed by atoms with Crippen molar-refractivity contribution in [3.05, 3.63) is 107 Å². The molecule has 0 unspecified atom stereocenters. The van der Waals surface area contributed by atoms with Crippen molar-refractivity contribution < 1.29 is 23.9 Å². The van der Waals surface area contributed by atoms with Gasteiger partial charge in [0.25, 0.3) is 0 Å². The Balaban J connectivity index is 2.04. The van der Waals surface area contributed by atoms with Crippen molar-refractivity contribution in [1.29, 1.82) is 0 Å². The number of esters is 2. The lowest BCUT2D eigenvalue weighted by Crippen LogP contribution is -2.25. The number of para-hydroxylation sites is 1. The zero-order valence-electron chi connectivity index (χ0n) is 19.9. The molecule has 0 radical (unpaired) electrons. The number of fused-ring (bicyclic) bond motifs is 3. The molecule has 5 rings (SSSR count). The molecule has 0 N–H and O–H groups in total. The highest BCUT2D eigenvalue weighted by Crippen LogP contribution is 2.41. The zero-order chi connectivity index (χ0) is 25.4. The van der Waals surface area contributed by atoms with E-state index in [0.717, 1.165) is 5.56 Å². The second kappa shape index (κ2) is 9.11. The fourth-order valence-corrected chi connectivity index (χ4v) is 4.44. The van der Waals surface area contributed by atoms with Gasteiger partial charge in [-0.3, -0.25) is 9.36 Å². The fraction of sp³-hybridized carbons (Fsp3) is 0.103. The highest BCUT2D eigenvalue weighted by molar-refractivity contribution is 6.23. The van der Waals surface area contributed by atoms with Gasteiger partial charge in [-0.05, 0) is 25.1 Å². The predicted octanol–water partition coefficient (Wildman–Crippen LogP) is 5.24. The molecule has 2 aliphatic rings. The van der Waals surface area contributed by atoms with Gasteiger partial charge in [-0.2, -0.15) is 0 Å². The number of carbonyl (C=O) groups is 3. The number of benzene rings is 3.